The molecule has 5 heteroatoms. The quantitative estimate of drug-likeness (QED) is 0.244. The summed E-state index contributed by atoms with van der Waals surface area (Å²) in [7, 11) is 0. The van der Waals surface area contributed by atoms with E-state index in [9.17, 15) is 0 Å². The molecule has 29 heavy (non-hydrogen) atoms. The van der Waals surface area contributed by atoms with E-state index < -0.39 is 0 Å². The molecule has 0 aliphatic carbocycles. The molecule has 0 aromatic heterocycles. The van der Waals surface area contributed by atoms with E-state index in [4.69, 9.17) is 32.7 Å². The topological polar surface area (TPSA) is 18.5 Å². The van der Waals surface area contributed by atoms with Crippen molar-refractivity contribution >= 4 is 35.0 Å². The lowest BCUT2D eigenvalue weighted by atomic mass is 9.77. The Kier molecular flexibility index (Phi) is 10.0. The van der Waals surface area contributed by atoms with Gasteiger partial charge in [0.15, 0.2) is 0 Å². The lowest BCUT2D eigenvalue weighted by molar-refractivity contribution is 0.316. The van der Waals surface area contributed by atoms with Gasteiger partial charge in [0.2, 0.25) is 0 Å². The van der Waals surface area contributed by atoms with Gasteiger partial charge in [-0.25, -0.2) is 0 Å². The van der Waals surface area contributed by atoms with Gasteiger partial charge in [0, 0.05) is 11.3 Å². The third-order valence-corrected chi connectivity index (χ3v) is 6.49. The molecule has 2 aromatic carbocycles. The van der Waals surface area contributed by atoms with Crippen LogP contribution < -0.4 is 9.47 Å². The minimum absolute atomic E-state index is 0.181. The maximum atomic E-state index is 6.60. The first-order valence-corrected chi connectivity index (χ1v) is 12.3. The molecular weight excluding hydrogens is 423 g/mol. The second-order valence-electron chi connectivity index (χ2n) is 7.54. The van der Waals surface area contributed by atoms with Crippen molar-refractivity contribution in [1.82, 2.24) is 0 Å². The number of hydrogen-bond acceptors (Lipinski definition) is 3. The van der Waals surface area contributed by atoms with E-state index in [0.717, 1.165) is 41.4 Å². The Labute approximate surface area is 190 Å². The predicted octanol–water partition coefficient (Wildman–Crippen LogP) is 7.50. The molecule has 0 radical (unpaired) electrons. The smallest absolute Gasteiger partial charge is 0.140 e. The van der Waals surface area contributed by atoms with Crippen molar-refractivity contribution in [2.45, 2.75) is 46.0 Å². The summed E-state index contributed by atoms with van der Waals surface area (Å²) < 4.78 is 11.7. The summed E-state index contributed by atoms with van der Waals surface area (Å²) in [6, 6.07) is 12.5. The van der Waals surface area contributed by atoms with Crippen molar-refractivity contribution in [3.05, 3.63) is 58.1 Å². The monoisotopic (exact) mass is 454 g/mol. The van der Waals surface area contributed by atoms with Crippen molar-refractivity contribution in [3.63, 3.8) is 0 Å². The fourth-order valence-corrected chi connectivity index (χ4v) is 4.17. The molecular formula is C24H32Cl2O2S. The largest absolute Gasteiger partial charge is 0.494 e. The van der Waals surface area contributed by atoms with Crippen LogP contribution in [0.15, 0.2) is 36.4 Å². The Morgan fingerprint density at radius 1 is 0.966 bits per heavy atom. The molecule has 0 bridgehead atoms. The Balaban J connectivity index is 2.11. The van der Waals surface area contributed by atoms with Gasteiger partial charge in [-0.2, -0.15) is 11.8 Å². The Morgan fingerprint density at radius 2 is 1.66 bits per heavy atom. The zero-order chi connectivity index (χ0) is 21.3. The van der Waals surface area contributed by atoms with Crippen LogP contribution in [-0.4, -0.2) is 30.6 Å². The number of alkyl halides is 1. The second-order valence-corrected chi connectivity index (χ2v) is 9.72. The van der Waals surface area contributed by atoms with Crippen LogP contribution in [0.2, 0.25) is 5.02 Å². The van der Waals surface area contributed by atoms with Gasteiger partial charge in [0.1, 0.15) is 11.5 Å². The molecule has 2 rings (SSSR count). The standard InChI is InChI=1S/C24H32Cl2O2S/c1-5-29-15-7-14-28-23-18(2)16-20(17-22(23)26)24(3,4)19-8-10-21(11-9-19)27-13-6-12-25/h8-11,16-17H,5-7,12-15H2,1-4H3. The summed E-state index contributed by atoms with van der Waals surface area (Å²) in [4.78, 5) is 0. The lowest BCUT2D eigenvalue weighted by Crippen LogP contribution is -2.19. The van der Waals surface area contributed by atoms with Gasteiger partial charge in [-0.3, -0.25) is 0 Å². The molecule has 160 valence electrons. The SMILES string of the molecule is CCSCCCOc1c(C)cc(C(C)(C)c2ccc(OCCCCl)cc2)cc1Cl. The van der Waals surface area contributed by atoms with Crippen LogP contribution in [0.3, 0.4) is 0 Å². The Hall–Kier alpha value is -1.03. The van der Waals surface area contributed by atoms with Gasteiger partial charge in [0.05, 0.1) is 18.2 Å². The van der Waals surface area contributed by atoms with Crippen molar-refractivity contribution in [2.24, 2.45) is 0 Å². The van der Waals surface area contributed by atoms with Gasteiger partial charge in [0.25, 0.3) is 0 Å². The summed E-state index contributed by atoms with van der Waals surface area (Å²) >= 11 is 14.2. The van der Waals surface area contributed by atoms with Crippen LogP contribution in [-0.2, 0) is 5.41 Å². The highest BCUT2D eigenvalue weighted by Crippen LogP contribution is 2.38. The first kappa shape index (κ1) is 24.2. The van der Waals surface area contributed by atoms with Gasteiger partial charge >= 0.3 is 0 Å². The van der Waals surface area contributed by atoms with E-state index >= 15 is 0 Å². The Morgan fingerprint density at radius 3 is 2.28 bits per heavy atom. The number of hydrogen-bond donors (Lipinski definition) is 0. The third-order valence-electron chi connectivity index (χ3n) is 4.96. The van der Waals surface area contributed by atoms with Crippen LogP contribution in [0, 0.1) is 6.92 Å². The van der Waals surface area contributed by atoms with E-state index in [0.29, 0.717) is 24.1 Å². The molecule has 0 saturated heterocycles. The zero-order valence-corrected chi connectivity index (χ0v) is 20.2. The number of rotatable bonds is 12. The number of ether oxygens (including phenoxy) is 2. The summed E-state index contributed by atoms with van der Waals surface area (Å²) in [6.45, 7) is 10.00. The van der Waals surface area contributed by atoms with Crippen LogP contribution in [0.1, 0.15) is 50.3 Å². The van der Waals surface area contributed by atoms with Crippen molar-refractivity contribution in [2.75, 3.05) is 30.6 Å². The number of aryl methyl sites for hydroxylation is 1. The molecule has 0 saturated carbocycles. The molecule has 0 amide bonds. The zero-order valence-electron chi connectivity index (χ0n) is 17.9. The first-order valence-electron chi connectivity index (χ1n) is 10.2. The maximum Gasteiger partial charge on any atom is 0.140 e. The fraction of sp³-hybridized carbons (Fsp3) is 0.500. The molecule has 0 spiro atoms. The maximum absolute atomic E-state index is 6.60. The normalized spacial score (nSPS) is 11.5. The van der Waals surface area contributed by atoms with Gasteiger partial charge in [-0.05, 0) is 66.2 Å². The Bertz CT molecular complexity index is 737. The van der Waals surface area contributed by atoms with E-state index in [1.165, 1.54) is 11.1 Å². The number of benzene rings is 2. The van der Waals surface area contributed by atoms with Crippen LogP contribution in [0.25, 0.3) is 0 Å². The van der Waals surface area contributed by atoms with Gasteiger partial charge in [-0.15, -0.1) is 11.6 Å². The first-order chi connectivity index (χ1) is 13.9. The summed E-state index contributed by atoms with van der Waals surface area (Å²) in [5.41, 5.74) is 3.27. The molecule has 0 N–H and O–H groups in total. The van der Waals surface area contributed by atoms with E-state index in [-0.39, 0.29) is 5.41 Å². The molecule has 0 unspecified atom stereocenters. The number of halogens is 2. The van der Waals surface area contributed by atoms with Crippen molar-refractivity contribution < 1.29 is 9.47 Å². The minimum Gasteiger partial charge on any atom is -0.494 e. The highest BCUT2D eigenvalue weighted by atomic mass is 35.5. The molecule has 0 atom stereocenters. The van der Waals surface area contributed by atoms with E-state index in [2.05, 4.69) is 45.9 Å². The molecule has 2 nitrogen and oxygen atoms in total. The predicted molar refractivity (Wildman–Crippen MR) is 129 cm³/mol. The molecule has 2 aromatic rings. The van der Waals surface area contributed by atoms with Crippen molar-refractivity contribution in [1.29, 1.82) is 0 Å². The van der Waals surface area contributed by atoms with Crippen LogP contribution >= 0.6 is 35.0 Å². The van der Waals surface area contributed by atoms with Gasteiger partial charge < -0.3 is 9.47 Å². The average Bonchev–Trinajstić information content (AvgIpc) is 2.70. The fourth-order valence-electron chi connectivity index (χ4n) is 3.13. The number of thioether (sulfide) groups is 1. The minimum atomic E-state index is -0.181. The summed E-state index contributed by atoms with van der Waals surface area (Å²) in [5.74, 6) is 4.54. The summed E-state index contributed by atoms with van der Waals surface area (Å²) in [5, 5.41) is 0.678. The van der Waals surface area contributed by atoms with Gasteiger partial charge in [-0.1, -0.05) is 50.6 Å². The third kappa shape index (κ3) is 7.01. The van der Waals surface area contributed by atoms with Crippen molar-refractivity contribution in [3.8, 4) is 11.5 Å². The molecule has 0 heterocycles. The molecule has 0 aliphatic heterocycles. The molecule has 0 fully saturated rings. The van der Waals surface area contributed by atoms with E-state index in [1.54, 1.807) is 0 Å². The summed E-state index contributed by atoms with van der Waals surface area (Å²) in [6.07, 6.45) is 1.87. The highest BCUT2D eigenvalue weighted by Gasteiger charge is 2.25. The lowest BCUT2D eigenvalue weighted by Gasteiger charge is -2.28. The highest BCUT2D eigenvalue weighted by molar-refractivity contribution is 7.99. The average molecular weight is 455 g/mol. The van der Waals surface area contributed by atoms with Crippen LogP contribution in [0.5, 0.6) is 11.5 Å². The molecule has 0 aliphatic rings. The van der Waals surface area contributed by atoms with E-state index in [1.807, 2.05) is 30.0 Å². The second kappa shape index (κ2) is 12.0. The van der Waals surface area contributed by atoms with Crippen LogP contribution in [0.4, 0.5) is 0 Å².